The summed E-state index contributed by atoms with van der Waals surface area (Å²) in [5, 5.41) is 2.61. The molecule has 0 N–H and O–H groups in total. The van der Waals surface area contributed by atoms with Crippen LogP contribution in [0.1, 0.15) is 33.3 Å². The Morgan fingerprint density at radius 1 is 1.06 bits per heavy atom. The topological polar surface area (TPSA) is 38.8 Å². The van der Waals surface area contributed by atoms with Crippen molar-refractivity contribution in [3.63, 3.8) is 0 Å². The molecular formula is C26H27ClINO3. The highest BCUT2D eigenvalue weighted by Gasteiger charge is 2.26. The molecule has 3 aromatic rings. The lowest BCUT2D eigenvalue weighted by atomic mass is 10.1. The molecule has 0 aliphatic carbocycles. The van der Waals surface area contributed by atoms with Gasteiger partial charge in [-0.2, -0.15) is 0 Å². The fourth-order valence-corrected chi connectivity index (χ4v) is 4.14. The normalized spacial score (nSPS) is 12.0. The van der Waals surface area contributed by atoms with Crippen LogP contribution in [0, 0.1) is 3.57 Å². The molecule has 32 heavy (non-hydrogen) atoms. The summed E-state index contributed by atoms with van der Waals surface area (Å²) in [6, 6.07) is 19.9. The molecule has 0 heterocycles. The summed E-state index contributed by atoms with van der Waals surface area (Å²) in [6.45, 7) is 8.06. The second-order valence-corrected chi connectivity index (χ2v) is 10.1. The zero-order chi connectivity index (χ0) is 23.3. The van der Waals surface area contributed by atoms with Crippen LogP contribution in [0.2, 0.25) is 0 Å². The molecule has 168 valence electrons. The lowest BCUT2D eigenvalue weighted by Crippen LogP contribution is -2.37. The second-order valence-electron chi connectivity index (χ2n) is 8.41. The summed E-state index contributed by atoms with van der Waals surface area (Å²) in [6.07, 6.45) is 1.36. The molecule has 0 bridgehead atoms. The van der Waals surface area contributed by atoms with Crippen molar-refractivity contribution in [2.24, 2.45) is 0 Å². The highest BCUT2D eigenvalue weighted by atomic mass is 127. The van der Waals surface area contributed by atoms with E-state index in [1.807, 2.05) is 81.4 Å². The number of amides is 1. The molecule has 3 rings (SSSR count). The van der Waals surface area contributed by atoms with Gasteiger partial charge in [0.05, 0.1) is 5.69 Å². The number of hydrogen-bond acceptors (Lipinski definition) is 3. The Balaban J connectivity index is 2.08. The van der Waals surface area contributed by atoms with E-state index in [1.54, 1.807) is 17.9 Å². The van der Waals surface area contributed by atoms with E-state index < -0.39 is 11.7 Å². The van der Waals surface area contributed by atoms with Crippen molar-refractivity contribution in [2.45, 2.75) is 39.9 Å². The molecule has 0 saturated carbocycles. The van der Waals surface area contributed by atoms with Gasteiger partial charge in [0.15, 0.2) is 0 Å². The van der Waals surface area contributed by atoms with Crippen molar-refractivity contribution in [1.29, 1.82) is 0 Å². The summed E-state index contributed by atoms with van der Waals surface area (Å²) in [4.78, 5) is 14.7. The van der Waals surface area contributed by atoms with Crippen LogP contribution in [0.5, 0.6) is 5.75 Å². The maximum absolute atomic E-state index is 13.1. The van der Waals surface area contributed by atoms with Gasteiger partial charge < -0.3 is 9.47 Å². The molecule has 1 amide bonds. The molecule has 0 radical (unpaired) electrons. The number of allylic oxidation sites excluding steroid dienone is 1. The number of hydrogen-bond donors (Lipinski definition) is 0. The van der Waals surface area contributed by atoms with E-state index >= 15 is 0 Å². The lowest BCUT2D eigenvalue weighted by Gasteiger charge is -2.28. The van der Waals surface area contributed by atoms with Crippen molar-refractivity contribution >= 4 is 56.7 Å². The SMILES string of the molecule is C/C(Cl)=C\CN(C(=O)OC(C)(C)C)c1cc(OCc2ccccc2)c2ccccc2c1I. The summed E-state index contributed by atoms with van der Waals surface area (Å²) in [7, 11) is 0. The van der Waals surface area contributed by atoms with Crippen LogP contribution in [-0.2, 0) is 11.3 Å². The van der Waals surface area contributed by atoms with E-state index in [4.69, 9.17) is 21.1 Å². The van der Waals surface area contributed by atoms with Crippen LogP contribution >= 0.6 is 34.2 Å². The van der Waals surface area contributed by atoms with Crippen molar-refractivity contribution in [2.75, 3.05) is 11.4 Å². The molecular weight excluding hydrogens is 537 g/mol. The number of halogens is 2. The summed E-state index contributed by atoms with van der Waals surface area (Å²) < 4.78 is 12.9. The van der Waals surface area contributed by atoms with Crippen molar-refractivity contribution in [3.8, 4) is 5.75 Å². The smallest absolute Gasteiger partial charge is 0.415 e. The first-order chi connectivity index (χ1) is 15.2. The number of fused-ring (bicyclic) bond motifs is 1. The number of ether oxygens (including phenoxy) is 2. The number of anilines is 1. The summed E-state index contributed by atoms with van der Waals surface area (Å²) >= 11 is 8.37. The third-order valence-corrected chi connectivity index (χ3v) is 5.91. The molecule has 0 saturated heterocycles. The van der Waals surface area contributed by atoms with Gasteiger partial charge in [0.1, 0.15) is 18.0 Å². The Morgan fingerprint density at radius 3 is 2.31 bits per heavy atom. The van der Waals surface area contributed by atoms with Gasteiger partial charge in [-0.15, -0.1) is 0 Å². The van der Waals surface area contributed by atoms with Gasteiger partial charge in [0.25, 0.3) is 0 Å². The quantitative estimate of drug-likeness (QED) is 0.286. The molecule has 0 atom stereocenters. The fourth-order valence-electron chi connectivity index (χ4n) is 3.15. The molecule has 3 aromatic carbocycles. The first kappa shape index (κ1) is 24.4. The standard InChI is InChI=1S/C26H27ClINO3/c1-18(27)14-15-29(25(30)32-26(2,3)4)22-16-23(31-17-19-10-6-5-7-11-19)20-12-8-9-13-21(20)24(22)28/h5-14,16H,15,17H2,1-4H3/b18-14+. The molecule has 0 aliphatic heterocycles. The Hall–Kier alpha value is -2.25. The fraction of sp³-hybridized carbons (Fsp3) is 0.269. The van der Waals surface area contributed by atoms with Gasteiger partial charge in [0, 0.05) is 32.0 Å². The van der Waals surface area contributed by atoms with E-state index in [1.165, 1.54) is 0 Å². The van der Waals surface area contributed by atoms with Gasteiger partial charge in [-0.3, -0.25) is 4.90 Å². The molecule has 0 fully saturated rings. The predicted octanol–water partition coefficient (Wildman–Crippen LogP) is 7.91. The van der Waals surface area contributed by atoms with Crippen LogP contribution in [0.15, 0.2) is 71.8 Å². The van der Waals surface area contributed by atoms with Crippen LogP contribution < -0.4 is 9.64 Å². The van der Waals surface area contributed by atoms with Crippen molar-refractivity contribution in [3.05, 3.63) is 80.9 Å². The first-order valence-corrected chi connectivity index (χ1v) is 11.8. The zero-order valence-electron chi connectivity index (χ0n) is 18.7. The minimum absolute atomic E-state index is 0.288. The summed E-state index contributed by atoms with van der Waals surface area (Å²) in [5.74, 6) is 0.708. The van der Waals surface area contributed by atoms with Crippen LogP contribution in [-0.4, -0.2) is 18.2 Å². The molecule has 0 spiro atoms. The van der Waals surface area contributed by atoms with E-state index in [0.717, 1.165) is 25.6 Å². The number of rotatable bonds is 6. The van der Waals surface area contributed by atoms with Gasteiger partial charge in [-0.1, -0.05) is 72.3 Å². The number of nitrogens with zero attached hydrogens (tertiary/aromatic N) is 1. The van der Waals surface area contributed by atoms with E-state index in [0.29, 0.717) is 17.4 Å². The average molecular weight is 564 g/mol. The predicted molar refractivity (Wildman–Crippen MR) is 141 cm³/mol. The molecule has 0 aliphatic rings. The van der Waals surface area contributed by atoms with Crippen molar-refractivity contribution in [1.82, 2.24) is 0 Å². The Labute approximate surface area is 208 Å². The minimum atomic E-state index is -0.621. The Bertz CT molecular complexity index is 1120. The second kappa shape index (κ2) is 10.6. The van der Waals surface area contributed by atoms with Crippen LogP contribution in [0.25, 0.3) is 10.8 Å². The molecule has 0 unspecified atom stereocenters. The summed E-state index contributed by atoms with van der Waals surface area (Å²) in [5.41, 5.74) is 1.17. The van der Waals surface area contributed by atoms with Gasteiger partial charge in [-0.25, -0.2) is 4.79 Å². The largest absolute Gasteiger partial charge is 0.488 e. The van der Waals surface area contributed by atoms with Gasteiger partial charge in [-0.05, 0) is 55.8 Å². The zero-order valence-corrected chi connectivity index (χ0v) is 21.6. The van der Waals surface area contributed by atoms with Crippen LogP contribution in [0.4, 0.5) is 10.5 Å². The van der Waals surface area contributed by atoms with E-state index in [-0.39, 0.29) is 6.54 Å². The molecule has 6 heteroatoms. The van der Waals surface area contributed by atoms with E-state index in [2.05, 4.69) is 22.6 Å². The monoisotopic (exact) mass is 563 g/mol. The number of carbonyl (C=O) groups is 1. The number of benzene rings is 3. The first-order valence-electron chi connectivity index (χ1n) is 10.4. The van der Waals surface area contributed by atoms with Crippen molar-refractivity contribution < 1.29 is 14.3 Å². The van der Waals surface area contributed by atoms with Crippen LogP contribution in [0.3, 0.4) is 0 Å². The molecule has 4 nitrogen and oxygen atoms in total. The highest BCUT2D eigenvalue weighted by molar-refractivity contribution is 14.1. The maximum atomic E-state index is 13.1. The third-order valence-electron chi connectivity index (χ3n) is 4.62. The maximum Gasteiger partial charge on any atom is 0.415 e. The third kappa shape index (κ3) is 6.39. The van der Waals surface area contributed by atoms with Gasteiger partial charge >= 0.3 is 6.09 Å². The molecule has 0 aromatic heterocycles. The average Bonchev–Trinajstić information content (AvgIpc) is 2.74. The minimum Gasteiger partial charge on any atom is -0.488 e. The lowest BCUT2D eigenvalue weighted by molar-refractivity contribution is 0.0584. The number of carbonyl (C=O) groups excluding carboxylic acids is 1. The van der Waals surface area contributed by atoms with E-state index in [9.17, 15) is 4.79 Å². The highest BCUT2D eigenvalue weighted by Crippen LogP contribution is 2.38. The Kier molecular flexibility index (Phi) is 8.06. The Morgan fingerprint density at radius 2 is 1.69 bits per heavy atom. The van der Waals surface area contributed by atoms with Gasteiger partial charge in [0.2, 0.25) is 0 Å².